The van der Waals surface area contributed by atoms with E-state index < -0.39 is 28.5 Å². The predicted octanol–water partition coefficient (Wildman–Crippen LogP) is 6.66. The predicted molar refractivity (Wildman–Crippen MR) is 173 cm³/mol. The first kappa shape index (κ1) is 32.6. The van der Waals surface area contributed by atoms with Gasteiger partial charge in [0, 0.05) is 17.6 Å². The van der Waals surface area contributed by atoms with E-state index >= 15 is 0 Å². The minimum absolute atomic E-state index is 0.0317. The number of sulfonamides is 1. The topological polar surface area (TPSA) is 96.0 Å². The van der Waals surface area contributed by atoms with E-state index in [1.807, 2.05) is 44.2 Å². The van der Waals surface area contributed by atoms with E-state index in [0.29, 0.717) is 16.5 Å². The van der Waals surface area contributed by atoms with Gasteiger partial charge in [0.25, 0.3) is 10.0 Å². The van der Waals surface area contributed by atoms with Crippen molar-refractivity contribution in [1.82, 2.24) is 10.2 Å². The zero-order valence-electron chi connectivity index (χ0n) is 24.9. The van der Waals surface area contributed by atoms with Crippen molar-refractivity contribution in [2.45, 2.75) is 50.7 Å². The zero-order chi connectivity index (χ0) is 31.7. The van der Waals surface area contributed by atoms with Gasteiger partial charge in [-0.1, -0.05) is 67.1 Å². The summed E-state index contributed by atoms with van der Waals surface area (Å²) in [6, 6.07) is 29.6. The maximum absolute atomic E-state index is 14.1. The lowest BCUT2D eigenvalue weighted by Gasteiger charge is -2.32. The van der Waals surface area contributed by atoms with Crippen LogP contribution in [-0.4, -0.2) is 43.8 Å². The second kappa shape index (κ2) is 14.9. The van der Waals surface area contributed by atoms with Gasteiger partial charge in [-0.15, -0.1) is 0 Å². The minimum atomic E-state index is -4.17. The van der Waals surface area contributed by atoms with Crippen LogP contribution in [0.5, 0.6) is 11.5 Å². The Morgan fingerprint density at radius 3 is 1.98 bits per heavy atom. The fourth-order valence-corrected chi connectivity index (χ4v) is 5.95. The number of anilines is 1. The van der Waals surface area contributed by atoms with E-state index in [1.54, 1.807) is 73.7 Å². The van der Waals surface area contributed by atoms with Crippen LogP contribution in [0.2, 0.25) is 5.02 Å². The Bertz CT molecular complexity index is 1630. The first-order valence-corrected chi connectivity index (χ1v) is 16.2. The van der Waals surface area contributed by atoms with Gasteiger partial charge < -0.3 is 15.0 Å². The Kier molecular flexibility index (Phi) is 11.0. The number of para-hydroxylation sites is 1. The molecule has 8 nitrogen and oxygen atoms in total. The first-order chi connectivity index (χ1) is 21.1. The van der Waals surface area contributed by atoms with Crippen molar-refractivity contribution < 1.29 is 22.7 Å². The average Bonchev–Trinajstić information content (AvgIpc) is 3.04. The molecule has 0 fully saturated rings. The third kappa shape index (κ3) is 8.39. The molecule has 1 N–H and O–H groups in total. The fourth-order valence-electron chi connectivity index (χ4n) is 4.39. The minimum Gasteiger partial charge on any atom is -0.457 e. The SMILES string of the molecule is CC[C@@H](C)NC(=O)[C@@H](C)N(Cc1ccc(Cl)cc1)C(=O)CN(c1ccc(Oc2ccccc2)cc1)S(=O)(=O)c1ccccc1. The molecule has 10 heteroatoms. The first-order valence-electron chi connectivity index (χ1n) is 14.3. The number of hydrogen-bond acceptors (Lipinski definition) is 5. The van der Waals surface area contributed by atoms with Crippen molar-refractivity contribution in [3.05, 3.63) is 120 Å². The van der Waals surface area contributed by atoms with Crippen LogP contribution in [0.3, 0.4) is 0 Å². The number of carbonyl (C=O) groups is 2. The summed E-state index contributed by atoms with van der Waals surface area (Å²) in [7, 11) is -4.17. The van der Waals surface area contributed by atoms with E-state index in [2.05, 4.69) is 5.32 Å². The van der Waals surface area contributed by atoms with E-state index in [1.165, 1.54) is 17.0 Å². The van der Waals surface area contributed by atoms with Gasteiger partial charge in [0.05, 0.1) is 10.6 Å². The molecule has 0 heterocycles. The van der Waals surface area contributed by atoms with Gasteiger partial charge in [-0.05, 0) is 86.5 Å². The van der Waals surface area contributed by atoms with Gasteiger partial charge in [0.15, 0.2) is 0 Å². The Hall–Kier alpha value is -4.34. The van der Waals surface area contributed by atoms with Crippen molar-refractivity contribution in [2.24, 2.45) is 0 Å². The van der Waals surface area contributed by atoms with E-state index in [4.69, 9.17) is 16.3 Å². The molecule has 0 aliphatic carbocycles. The number of rotatable bonds is 13. The molecule has 0 unspecified atom stereocenters. The maximum Gasteiger partial charge on any atom is 0.264 e. The second-order valence-corrected chi connectivity index (χ2v) is 12.7. The smallest absolute Gasteiger partial charge is 0.264 e. The molecule has 4 aromatic rings. The molecule has 0 bridgehead atoms. The van der Waals surface area contributed by atoms with Gasteiger partial charge >= 0.3 is 0 Å². The lowest BCUT2D eigenvalue weighted by atomic mass is 10.1. The molecule has 0 radical (unpaired) electrons. The average molecular weight is 634 g/mol. The number of carbonyl (C=O) groups excluding carboxylic acids is 2. The number of nitrogens with zero attached hydrogens (tertiary/aromatic N) is 2. The molecule has 2 amide bonds. The Morgan fingerprint density at radius 2 is 1.39 bits per heavy atom. The van der Waals surface area contributed by atoms with Crippen LogP contribution in [0.15, 0.2) is 114 Å². The molecular weight excluding hydrogens is 598 g/mol. The van der Waals surface area contributed by atoms with Crippen LogP contribution in [0.1, 0.15) is 32.8 Å². The zero-order valence-corrected chi connectivity index (χ0v) is 26.5. The number of nitrogens with one attached hydrogen (secondary N) is 1. The number of benzene rings is 4. The van der Waals surface area contributed by atoms with Crippen molar-refractivity contribution >= 4 is 39.1 Å². The Labute approximate surface area is 264 Å². The van der Waals surface area contributed by atoms with Crippen molar-refractivity contribution in [3.8, 4) is 11.5 Å². The summed E-state index contributed by atoms with van der Waals surface area (Å²) in [6.07, 6.45) is 0.719. The molecule has 0 saturated carbocycles. The lowest BCUT2D eigenvalue weighted by molar-refractivity contribution is -0.139. The summed E-state index contributed by atoms with van der Waals surface area (Å²) < 4.78 is 34.9. The van der Waals surface area contributed by atoms with Crippen LogP contribution < -0.4 is 14.4 Å². The van der Waals surface area contributed by atoms with E-state index in [-0.39, 0.29) is 29.1 Å². The normalized spacial score (nSPS) is 12.5. The maximum atomic E-state index is 14.1. The largest absolute Gasteiger partial charge is 0.457 e. The highest BCUT2D eigenvalue weighted by Crippen LogP contribution is 2.28. The summed E-state index contributed by atoms with van der Waals surface area (Å²) in [5, 5.41) is 3.46. The highest BCUT2D eigenvalue weighted by Gasteiger charge is 2.32. The Balaban J connectivity index is 1.68. The standard InChI is InChI=1S/C34H36ClN3O5S/c1-4-25(2)36-34(40)26(3)37(23-27-15-17-28(35)18-16-27)33(39)24-38(44(41,42)32-13-9-6-10-14-32)29-19-21-31(22-20-29)43-30-11-7-5-8-12-30/h5-22,25-26H,4,23-24H2,1-3H3,(H,36,40)/t25-,26-/m1/s1. The number of amides is 2. The third-order valence-electron chi connectivity index (χ3n) is 7.15. The molecule has 0 saturated heterocycles. The molecule has 4 aromatic carbocycles. The van der Waals surface area contributed by atoms with Gasteiger partial charge in [0.2, 0.25) is 11.8 Å². The highest BCUT2D eigenvalue weighted by atomic mass is 35.5. The van der Waals surface area contributed by atoms with Gasteiger partial charge in [-0.3, -0.25) is 13.9 Å². The third-order valence-corrected chi connectivity index (χ3v) is 9.19. The lowest BCUT2D eigenvalue weighted by Crippen LogP contribution is -2.52. The molecule has 2 atom stereocenters. The van der Waals surface area contributed by atoms with Crippen LogP contribution in [0, 0.1) is 0 Å². The van der Waals surface area contributed by atoms with Crippen molar-refractivity contribution in [3.63, 3.8) is 0 Å². The monoisotopic (exact) mass is 633 g/mol. The van der Waals surface area contributed by atoms with Gasteiger partial charge in [-0.2, -0.15) is 0 Å². The molecule has 0 aliphatic rings. The fraction of sp³-hybridized carbons (Fsp3) is 0.235. The summed E-state index contributed by atoms with van der Waals surface area (Å²) >= 11 is 6.07. The number of ether oxygens (including phenoxy) is 1. The summed E-state index contributed by atoms with van der Waals surface area (Å²) in [6.45, 7) is 5.01. The van der Waals surface area contributed by atoms with Crippen LogP contribution in [0.4, 0.5) is 5.69 Å². The summed E-state index contributed by atoms with van der Waals surface area (Å²) in [4.78, 5) is 28.7. The van der Waals surface area contributed by atoms with Gasteiger partial charge in [0.1, 0.15) is 24.1 Å². The molecule has 0 spiro atoms. The highest BCUT2D eigenvalue weighted by molar-refractivity contribution is 7.92. The quantitative estimate of drug-likeness (QED) is 0.178. The number of halogens is 1. The molecule has 44 heavy (non-hydrogen) atoms. The number of hydrogen-bond donors (Lipinski definition) is 1. The van der Waals surface area contributed by atoms with Crippen LogP contribution in [0.25, 0.3) is 0 Å². The molecule has 0 aliphatic heterocycles. The van der Waals surface area contributed by atoms with E-state index in [0.717, 1.165) is 16.3 Å². The molecule has 4 rings (SSSR count). The van der Waals surface area contributed by atoms with Crippen LogP contribution >= 0.6 is 11.6 Å². The van der Waals surface area contributed by atoms with Crippen molar-refractivity contribution in [1.29, 1.82) is 0 Å². The van der Waals surface area contributed by atoms with Crippen molar-refractivity contribution in [2.75, 3.05) is 10.8 Å². The molecule has 0 aromatic heterocycles. The summed E-state index contributed by atoms with van der Waals surface area (Å²) in [5.41, 5.74) is 1.01. The second-order valence-electron chi connectivity index (χ2n) is 10.4. The Morgan fingerprint density at radius 1 is 0.818 bits per heavy atom. The molecular formula is C34H36ClN3O5S. The summed E-state index contributed by atoms with van der Waals surface area (Å²) in [5.74, 6) is 0.257. The van der Waals surface area contributed by atoms with Gasteiger partial charge in [-0.25, -0.2) is 8.42 Å². The van der Waals surface area contributed by atoms with Crippen LogP contribution in [-0.2, 0) is 26.2 Å². The molecule has 230 valence electrons. The van der Waals surface area contributed by atoms with E-state index in [9.17, 15) is 18.0 Å².